The number of fused-ring (bicyclic) bond motifs is 1. The first-order chi connectivity index (χ1) is 16.1. The maximum atomic E-state index is 12.6. The van der Waals surface area contributed by atoms with Crippen LogP contribution in [0.15, 0.2) is 54.6 Å². The molecule has 1 aliphatic heterocycles. The van der Waals surface area contributed by atoms with Crippen LogP contribution in [0, 0.1) is 0 Å². The lowest BCUT2D eigenvalue weighted by atomic mass is 10.0. The summed E-state index contributed by atoms with van der Waals surface area (Å²) >= 11 is 12.6. The van der Waals surface area contributed by atoms with Crippen molar-refractivity contribution in [3.05, 3.63) is 86.9 Å². The fraction of sp³-hybridized carbons (Fsp3) is 0.296. The van der Waals surface area contributed by atoms with Crippen molar-refractivity contribution in [2.45, 2.75) is 38.0 Å². The molecule has 0 radical (unpaired) electrons. The van der Waals surface area contributed by atoms with Crippen molar-refractivity contribution >= 4 is 29.1 Å². The van der Waals surface area contributed by atoms with Crippen LogP contribution in [0.5, 0.6) is 17.2 Å². The molecule has 2 aliphatic rings. The third-order valence-corrected chi connectivity index (χ3v) is 6.64. The van der Waals surface area contributed by atoms with Crippen LogP contribution in [-0.2, 0) is 12.8 Å². The summed E-state index contributed by atoms with van der Waals surface area (Å²) in [4.78, 5) is 12.6. The molecule has 4 nitrogen and oxygen atoms in total. The Balaban J connectivity index is 1.18. The minimum atomic E-state index is -0.108. The lowest BCUT2D eigenvalue weighted by Gasteiger charge is -2.19. The summed E-state index contributed by atoms with van der Waals surface area (Å²) in [7, 11) is 0. The van der Waals surface area contributed by atoms with E-state index in [1.807, 2.05) is 18.2 Å². The third-order valence-electron chi connectivity index (χ3n) is 6.11. The first kappa shape index (κ1) is 22.1. The predicted octanol–water partition coefficient (Wildman–Crippen LogP) is 6.96. The van der Waals surface area contributed by atoms with E-state index in [4.69, 9.17) is 32.7 Å². The molecule has 0 atom stereocenters. The molecule has 33 heavy (non-hydrogen) atoms. The maximum absolute atomic E-state index is 12.6. The molecule has 6 heteroatoms. The van der Waals surface area contributed by atoms with E-state index in [-0.39, 0.29) is 5.91 Å². The van der Waals surface area contributed by atoms with Gasteiger partial charge in [-0.25, -0.2) is 0 Å². The van der Waals surface area contributed by atoms with Crippen LogP contribution in [0.4, 0.5) is 0 Å². The molecule has 5 rings (SSSR count). The van der Waals surface area contributed by atoms with Gasteiger partial charge in [0.1, 0.15) is 17.2 Å². The standard InChI is InChI=1S/C27H25Cl2NO3/c28-21-8-5-18(23(15-21)17-3-4-17)11-12-30-27(31)19-6-9-22(10-7-19)33-26-16-25-20(14-24(26)29)2-1-13-32-25/h5-10,14-17H,1-4,11-13H2,(H,30,31). The second-order valence-corrected chi connectivity index (χ2v) is 9.44. The van der Waals surface area contributed by atoms with E-state index < -0.39 is 0 Å². The second kappa shape index (κ2) is 9.66. The first-order valence-electron chi connectivity index (χ1n) is 11.4. The number of carbonyl (C=O) groups excluding carboxylic acids is 1. The molecule has 0 bridgehead atoms. The molecule has 1 fully saturated rings. The van der Waals surface area contributed by atoms with Crippen molar-refractivity contribution in [1.29, 1.82) is 0 Å². The van der Waals surface area contributed by atoms with Crippen molar-refractivity contribution in [3.8, 4) is 17.2 Å². The zero-order valence-corrected chi connectivity index (χ0v) is 19.7. The van der Waals surface area contributed by atoms with Crippen LogP contribution in [0.1, 0.15) is 52.2 Å². The largest absolute Gasteiger partial charge is 0.493 e. The summed E-state index contributed by atoms with van der Waals surface area (Å²) in [6, 6.07) is 16.9. The molecule has 0 saturated heterocycles. The predicted molar refractivity (Wildman–Crippen MR) is 131 cm³/mol. The van der Waals surface area contributed by atoms with Gasteiger partial charge in [0.2, 0.25) is 0 Å². The summed E-state index contributed by atoms with van der Waals surface area (Å²) < 4.78 is 11.7. The third kappa shape index (κ3) is 5.29. The lowest BCUT2D eigenvalue weighted by Crippen LogP contribution is -2.25. The van der Waals surface area contributed by atoms with Gasteiger partial charge in [-0.3, -0.25) is 4.79 Å². The lowest BCUT2D eigenvalue weighted by molar-refractivity contribution is 0.0954. The number of carbonyl (C=O) groups is 1. The van der Waals surface area contributed by atoms with Gasteiger partial charge in [-0.05, 0) is 97.2 Å². The number of hydrogen-bond donors (Lipinski definition) is 1. The van der Waals surface area contributed by atoms with Gasteiger partial charge in [-0.1, -0.05) is 29.3 Å². The summed E-state index contributed by atoms with van der Waals surface area (Å²) in [5, 5.41) is 4.33. The fourth-order valence-electron chi connectivity index (χ4n) is 4.21. The highest BCUT2D eigenvalue weighted by Gasteiger charge is 2.26. The van der Waals surface area contributed by atoms with E-state index in [2.05, 4.69) is 17.4 Å². The van der Waals surface area contributed by atoms with Crippen LogP contribution in [0.3, 0.4) is 0 Å². The minimum Gasteiger partial charge on any atom is -0.493 e. The monoisotopic (exact) mass is 481 g/mol. The molecule has 0 unspecified atom stereocenters. The molecule has 1 heterocycles. The molecule has 1 amide bonds. The van der Waals surface area contributed by atoms with Gasteiger partial charge in [-0.15, -0.1) is 0 Å². The van der Waals surface area contributed by atoms with E-state index in [0.717, 1.165) is 35.6 Å². The summed E-state index contributed by atoms with van der Waals surface area (Å²) in [6.07, 6.45) is 5.18. The number of halogens is 2. The van der Waals surface area contributed by atoms with Crippen molar-refractivity contribution in [2.24, 2.45) is 0 Å². The van der Waals surface area contributed by atoms with Gasteiger partial charge in [0, 0.05) is 23.2 Å². The van der Waals surface area contributed by atoms with Crippen molar-refractivity contribution < 1.29 is 14.3 Å². The molecule has 3 aromatic rings. The Hall–Kier alpha value is -2.69. The molecule has 170 valence electrons. The van der Waals surface area contributed by atoms with E-state index in [9.17, 15) is 4.79 Å². The van der Waals surface area contributed by atoms with E-state index in [0.29, 0.717) is 41.2 Å². The van der Waals surface area contributed by atoms with Crippen LogP contribution < -0.4 is 14.8 Å². The Morgan fingerprint density at radius 3 is 2.67 bits per heavy atom. The number of rotatable bonds is 7. The van der Waals surface area contributed by atoms with Gasteiger partial charge in [0.25, 0.3) is 5.91 Å². The summed E-state index contributed by atoms with van der Waals surface area (Å²) in [6.45, 7) is 1.28. The van der Waals surface area contributed by atoms with Crippen LogP contribution >= 0.6 is 23.2 Å². The molecule has 0 spiro atoms. The average Bonchev–Trinajstić information content (AvgIpc) is 3.66. The second-order valence-electron chi connectivity index (χ2n) is 8.59. The molecule has 3 aromatic carbocycles. The van der Waals surface area contributed by atoms with E-state index >= 15 is 0 Å². The topological polar surface area (TPSA) is 47.6 Å². The zero-order valence-electron chi connectivity index (χ0n) is 18.2. The fourth-order valence-corrected chi connectivity index (χ4v) is 4.62. The molecule has 1 aliphatic carbocycles. The Kier molecular flexibility index (Phi) is 6.48. The van der Waals surface area contributed by atoms with Crippen molar-refractivity contribution in [3.63, 3.8) is 0 Å². The van der Waals surface area contributed by atoms with Gasteiger partial charge in [-0.2, -0.15) is 0 Å². The summed E-state index contributed by atoms with van der Waals surface area (Å²) in [5.41, 5.74) is 4.27. The van der Waals surface area contributed by atoms with E-state index in [1.54, 1.807) is 24.3 Å². The Labute approximate surface area is 203 Å². The first-order valence-corrected chi connectivity index (χ1v) is 12.1. The van der Waals surface area contributed by atoms with Crippen LogP contribution in [-0.4, -0.2) is 19.1 Å². The Morgan fingerprint density at radius 2 is 1.88 bits per heavy atom. The van der Waals surface area contributed by atoms with Crippen LogP contribution in [0.2, 0.25) is 10.0 Å². The summed E-state index contributed by atoms with van der Waals surface area (Å²) in [5.74, 6) is 2.49. The quantitative estimate of drug-likeness (QED) is 0.396. The minimum absolute atomic E-state index is 0.108. The van der Waals surface area contributed by atoms with Crippen molar-refractivity contribution in [2.75, 3.05) is 13.2 Å². The van der Waals surface area contributed by atoms with Gasteiger partial charge >= 0.3 is 0 Å². The number of nitrogens with one attached hydrogen (secondary N) is 1. The SMILES string of the molecule is O=C(NCCc1ccc(Cl)cc1C1CC1)c1ccc(Oc2cc3c(cc2Cl)CCCO3)cc1. The van der Waals surface area contributed by atoms with Gasteiger partial charge in [0.05, 0.1) is 11.6 Å². The number of benzene rings is 3. The Bertz CT molecular complexity index is 1170. The average molecular weight is 482 g/mol. The number of hydrogen-bond acceptors (Lipinski definition) is 3. The highest BCUT2D eigenvalue weighted by molar-refractivity contribution is 6.32. The smallest absolute Gasteiger partial charge is 0.251 e. The molecular formula is C27H25Cl2NO3. The Morgan fingerprint density at radius 1 is 1.06 bits per heavy atom. The number of aryl methyl sites for hydroxylation is 1. The normalized spacial score (nSPS) is 14.8. The van der Waals surface area contributed by atoms with Crippen molar-refractivity contribution in [1.82, 2.24) is 5.32 Å². The molecule has 1 N–H and O–H groups in total. The number of amides is 1. The van der Waals surface area contributed by atoms with Gasteiger partial charge in [0.15, 0.2) is 0 Å². The van der Waals surface area contributed by atoms with Crippen LogP contribution in [0.25, 0.3) is 0 Å². The highest BCUT2D eigenvalue weighted by Crippen LogP contribution is 2.42. The highest BCUT2D eigenvalue weighted by atomic mass is 35.5. The molecule has 1 saturated carbocycles. The molecule has 0 aromatic heterocycles. The number of ether oxygens (including phenoxy) is 2. The maximum Gasteiger partial charge on any atom is 0.251 e. The van der Waals surface area contributed by atoms with E-state index in [1.165, 1.54) is 24.0 Å². The zero-order chi connectivity index (χ0) is 22.8. The molecular weight excluding hydrogens is 457 g/mol. The van der Waals surface area contributed by atoms with Gasteiger partial charge < -0.3 is 14.8 Å².